The van der Waals surface area contributed by atoms with Crippen molar-refractivity contribution in [2.75, 3.05) is 21.3 Å². The number of hydrogen-bond donors (Lipinski definition) is 0. The van der Waals surface area contributed by atoms with Crippen LogP contribution in [-0.2, 0) is 6.54 Å². The number of carbonyl (C=O) groups is 1. The molecule has 0 saturated carbocycles. The SMILES string of the molecule is COc1ccc(OC)c(CN(C)C(=O)c2cnoc2-c2ccco2)c1. The van der Waals surface area contributed by atoms with Gasteiger partial charge in [-0.05, 0) is 30.3 Å². The maximum Gasteiger partial charge on any atom is 0.259 e. The van der Waals surface area contributed by atoms with E-state index < -0.39 is 0 Å². The Bertz CT molecular complexity index is 854. The van der Waals surface area contributed by atoms with Gasteiger partial charge >= 0.3 is 0 Å². The van der Waals surface area contributed by atoms with E-state index in [4.69, 9.17) is 18.4 Å². The van der Waals surface area contributed by atoms with Gasteiger partial charge in [-0.2, -0.15) is 0 Å². The lowest BCUT2D eigenvalue weighted by Gasteiger charge is -2.19. The molecule has 0 aliphatic carbocycles. The van der Waals surface area contributed by atoms with Crippen LogP contribution >= 0.6 is 0 Å². The topological polar surface area (TPSA) is 77.9 Å². The van der Waals surface area contributed by atoms with Crippen LogP contribution in [0.15, 0.2) is 51.7 Å². The van der Waals surface area contributed by atoms with E-state index in [-0.39, 0.29) is 5.91 Å². The van der Waals surface area contributed by atoms with Crippen molar-refractivity contribution in [1.29, 1.82) is 0 Å². The monoisotopic (exact) mass is 342 g/mol. The van der Waals surface area contributed by atoms with Crippen LogP contribution in [0.3, 0.4) is 0 Å². The lowest BCUT2D eigenvalue weighted by atomic mass is 10.1. The molecule has 0 saturated heterocycles. The molecule has 0 spiro atoms. The van der Waals surface area contributed by atoms with Crippen molar-refractivity contribution in [1.82, 2.24) is 10.1 Å². The van der Waals surface area contributed by atoms with Crippen molar-refractivity contribution < 1.29 is 23.2 Å². The highest BCUT2D eigenvalue weighted by atomic mass is 16.5. The summed E-state index contributed by atoms with van der Waals surface area (Å²) >= 11 is 0. The highest BCUT2D eigenvalue weighted by Gasteiger charge is 2.23. The van der Waals surface area contributed by atoms with Crippen LogP contribution in [0.4, 0.5) is 0 Å². The quantitative estimate of drug-likeness (QED) is 0.684. The van der Waals surface area contributed by atoms with Crippen molar-refractivity contribution in [2.24, 2.45) is 0 Å². The van der Waals surface area contributed by atoms with Gasteiger partial charge in [-0.1, -0.05) is 5.16 Å². The molecule has 25 heavy (non-hydrogen) atoms. The first-order valence-corrected chi connectivity index (χ1v) is 7.59. The molecule has 1 amide bonds. The Morgan fingerprint density at radius 3 is 2.76 bits per heavy atom. The third-order valence-electron chi connectivity index (χ3n) is 3.79. The van der Waals surface area contributed by atoms with Crippen LogP contribution in [-0.4, -0.2) is 37.2 Å². The molecule has 3 aromatic rings. The smallest absolute Gasteiger partial charge is 0.259 e. The normalized spacial score (nSPS) is 10.5. The first kappa shape index (κ1) is 16.6. The van der Waals surface area contributed by atoms with Gasteiger partial charge in [0.15, 0.2) is 5.76 Å². The number of carbonyl (C=O) groups excluding carboxylic acids is 1. The van der Waals surface area contributed by atoms with E-state index in [0.29, 0.717) is 35.1 Å². The number of ether oxygens (including phenoxy) is 2. The van der Waals surface area contributed by atoms with E-state index in [0.717, 1.165) is 5.56 Å². The van der Waals surface area contributed by atoms with Gasteiger partial charge in [0.2, 0.25) is 5.76 Å². The lowest BCUT2D eigenvalue weighted by Crippen LogP contribution is -2.26. The molecule has 0 atom stereocenters. The van der Waals surface area contributed by atoms with Gasteiger partial charge in [0.1, 0.15) is 17.1 Å². The van der Waals surface area contributed by atoms with Gasteiger partial charge in [-0.3, -0.25) is 4.79 Å². The predicted molar refractivity (Wildman–Crippen MR) is 89.5 cm³/mol. The summed E-state index contributed by atoms with van der Waals surface area (Å²) in [7, 11) is 4.87. The minimum absolute atomic E-state index is 0.238. The molecule has 130 valence electrons. The van der Waals surface area contributed by atoms with Crippen LogP contribution in [0.25, 0.3) is 11.5 Å². The average molecular weight is 342 g/mol. The van der Waals surface area contributed by atoms with Crippen molar-refractivity contribution in [3.05, 3.63) is 53.9 Å². The minimum Gasteiger partial charge on any atom is -0.497 e. The van der Waals surface area contributed by atoms with Crippen molar-refractivity contribution >= 4 is 5.91 Å². The molecule has 0 aliphatic heterocycles. The van der Waals surface area contributed by atoms with E-state index in [9.17, 15) is 4.79 Å². The number of benzene rings is 1. The molecule has 0 N–H and O–H groups in total. The Morgan fingerprint density at radius 2 is 2.08 bits per heavy atom. The molecular formula is C18H18N2O5. The second-order valence-corrected chi connectivity index (χ2v) is 5.38. The Labute approximate surface area is 144 Å². The van der Waals surface area contributed by atoms with Crippen LogP contribution in [0.2, 0.25) is 0 Å². The molecule has 0 unspecified atom stereocenters. The summed E-state index contributed by atoms with van der Waals surface area (Å²) in [5.41, 5.74) is 1.16. The summed E-state index contributed by atoms with van der Waals surface area (Å²) < 4.78 is 21.1. The summed E-state index contributed by atoms with van der Waals surface area (Å²) in [6.07, 6.45) is 2.90. The van der Waals surface area contributed by atoms with Gasteiger partial charge in [0.25, 0.3) is 5.91 Å². The van der Waals surface area contributed by atoms with Crippen LogP contribution in [0.5, 0.6) is 11.5 Å². The summed E-state index contributed by atoms with van der Waals surface area (Å²) in [5, 5.41) is 3.72. The van der Waals surface area contributed by atoms with Crippen LogP contribution in [0, 0.1) is 0 Å². The molecule has 7 nitrogen and oxygen atoms in total. The number of methoxy groups -OCH3 is 2. The van der Waals surface area contributed by atoms with Gasteiger partial charge in [-0.25, -0.2) is 0 Å². The molecule has 0 aliphatic rings. The van der Waals surface area contributed by atoms with E-state index >= 15 is 0 Å². The Kier molecular flexibility index (Phi) is 4.74. The summed E-state index contributed by atoms with van der Waals surface area (Å²) in [5.74, 6) is 1.89. The standard InChI is InChI=1S/C18H18N2O5/c1-20(11-12-9-13(22-2)6-7-15(12)23-3)18(21)14-10-19-25-17(14)16-5-4-8-24-16/h4-10H,11H2,1-3H3. The van der Waals surface area contributed by atoms with Crippen LogP contribution < -0.4 is 9.47 Å². The van der Waals surface area contributed by atoms with E-state index in [2.05, 4.69) is 5.16 Å². The molecular weight excluding hydrogens is 324 g/mol. The number of hydrogen-bond acceptors (Lipinski definition) is 6. The van der Waals surface area contributed by atoms with Crippen molar-refractivity contribution in [2.45, 2.75) is 6.54 Å². The zero-order valence-corrected chi connectivity index (χ0v) is 14.2. The molecule has 3 rings (SSSR count). The molecule has 7 heteroatoms. The largest absolute Gasteiger partial charge is 0.497 e. The summed E-state index contributed by atoms with van der Waals surface area (Å²) in [6.45, 7) is 0.335. The highest BCUT2D eigenvalue weighted by Crippen LogP contribution is 2.28. The van der Waals surface area contributed by atoms with Gasteiger partial charge < -0.3 is 23.3 Å². The number of amides is 1. The number of furan rings is 1. The fourth-order valence-corrected chi connectivity index (χ4v) is 2.52. The maximum absolute atomic E-state index is 12.8. The fourth-order valence-electron chi connectivity index (χ4n) is 2.52. The first-order valence-electron chi connectivity index (χ1n) is 7.59. The second kappa shape index (κ2) is 7.12. The fraction of sp³-hybridized carbons (Fsp3) is 0.222. The third kappa shape index (κ3) is 3.35. The molecule has 0 fully saturated rings. The molecule has 2 heterocycles. The van der Waals surface area contributed by atoms with Crippen LogP contribution in [0.1, 0.15) is 15.9 Å². The Morgan fingerprint density at radius 1 is 1.24 bits per heavy atom. The van der Waals surface area contributed by atoms with E-state index in [1.54, 1.807) is 50.4 Å². The molecule has 0 bridgehead atoms. The Hall–Kier alpha value is -3.22. The summed E-state index contributed by atoms with van der Waals surface area (Å²) in [4.78, 5) is 14.3. The Balaban J connectivity index is 1.84. The predicted octanol–water partition coefficient (Wildman–Crippen LogP) is 3.22. The number of aromatic nitrogens is 1. The number of nitrogens with zero attached hydrogens (tertiary/aromatic N) is 2. The molecule has 2 aromatic heterocycles. The van der Waals surface area contributed by atoms with E-state index in [1.165, 1.54) is 12.5 Å². The zero-order chi connectivity index (χ0) is 17.8. The lowest BCUT2D eigenvalue weighted by molar-refractivity contribution is 0.0784. The van der Waals surface area contributed by atoms with Crippen molar-refractivity contribution in [3.63, 3.8) is 0 Å². The van der Waals surface area contributed by atoms with Gasteiger partial charge in [0, 0.05) is 19.2 Å². The minimum atomic E-state index is -0.238. The van der Waals surface area contributed by atoms with E-state index in [1.807, 2.05) is 6.07 Å². The van der Waals surface area contributed by atoms with Gasteiger partial charge in [0.05, 0.1) is 26.7 Å². The zero-order valence-electron chi connectivity index (χ0n) is 14.2. The third-order valence-corrected chi connectivity index (χ3v) is 3.79. The summed E-state index contributed by atoms with van der Waals surface area (Å²) in [6, 6.07) is 8.88. The first-order chi connectivity index (χ1) is 12.1. The maximum atomic E-state index is 12.8. The second-order valence-electron chi connectivity index (χ2n) is 5.38. The number of rotatable bonds is 6. The van der Waals surface area contributed by atoms with Crippen molar-refractivity contribution in [3.8, 4) is 23.0 Å². The molecule has 1 aromatic carbocycles. The highest BCUT2D eigenvalue weighted by molar-refractivity contribution is 5.98. The average Bonchev–Trinajstić information content (AvgIpc) is 3.31. The molecule has 0 radical (unpaired) electrons. The van der Waals surface area contributed by atoms with Gasteiger partial charge in [-0.15, -0.1) is 0 Å².